The SMILES string of the molecule is O=C(NCCOc1ccccc1)c1ccc(F)c(S(=O)(=O)N2CCCCC2)c1. The van der Waals surface area contributed by atoms with E-state index in [1.165, 1.54) is 10.4 Å². The van der Waals surface area contributed by atoms with Gasteiger partial charge in [0, 0.05) is 18.7 Å². The van der Waals surface area contributed by atoms with Crippen molar-refractivity contribution >= 4 is 15.9 Å². The molecule has 0 atom stereocenters. The molecule has 0 spiro atoms. The number of rotatable bonds is 7. The molecule has 8 heteroatoms. The Balaban J connectivity index is 1.64. The van der Waals surface area contributed by atoms with Crippen molar-refractivity contribution in [2.45, 2.75) is 24.2 Å². The van der Waals surface area contributed by atoms with Crippen LogP contribution in [0.1, 0.15) is 29.6 Å². The number of sulfonamides is 1. The molecule has 0 radical (unpaired) electrons. The van der Waals surface area contributed by atoms with E-state index < -0.39 is 26.6 Å². The average Bonchev–Trinajstić information content (AvgIpc) is 2.72. The van der Waals surface area contributed by atoms with Crippen LogP contribution in [0.3, 0.4) is 0 Å². The van der Waals surface area contributed by atoms with Gasteiger partial charge in [0.1, 0.15) is 23.1 Å². The van der Waals surface area contributed by atoms with E-state index in [0.29, 0.717) is 18.8 Å². The van der Waals surface area contributed by atoms with E-state index in [4.69, 9.17) is 4.74 Å². The zero-order valence-corrected chi connectivity index (χ0v) is 16.3. The van der Waals surface area contributed by atoms with E-state index in [1.54, 1.807) is 12.1 Å². The van der Waals surface area contributed by atoms with Gasteiger partial charge in [-0.2, -0.15) is 4.31 Å². The Bertz CT molecular complexity index is 913. The van der Waals surface area contributed by atoms with Crippen LogP contribution in [0.2, 0.25) is 0 Å². The third-order valence-corrected chi connectivity index (χ3v) is 6.44. The van der Waals surface area contributed by atoms with E-state index in [1.807, 2.05) is 18.2 Å². The highest BCUT2D eigenvalue weighted by atomic mass is 32.2. The first-order valence-corrected chi connectivity index (χ1v) is 10.7. The van der Waals surface area contributed by atoms with Gasteiger partial charge in [-0.3, -0.25) is 4.79 Å². The van der Waals surface area contributed by atoms with E-state index in [0.717, 1.165) is 31.4 Å². The molecule has 0 saturated carbocycles. The Morgan fingerprint density at radius 3 is 2.50 bits per heavy atom. The van der Waals surface area contributed by atoms with Gasteiger partial charge in [-0.05, 0) is 43.2 Å². The number of halogens is 1. The Hall–Kier alpha value is -2.45. The van der Waals surface area contributed by atoms with Crippen molar-refractivity contribution in [2.75, 3.05) is 26.2 Å². The lowest BCUT2D eigenvalue weighted by atomic mass is 10.2. The summed E-state index contributed by atoms with van der Waals surface area (Å²) in [7, 11) is -3.96. The van der Waals surface area contributed by atoms with Gasteiger partial charge in [0.2, 0.25) is 10.0 Å². The summed E-state index contributed by atoms with van der Waals surface area (Å²) < 4.78 is 46.5. The molecule has 3 rings (SSSR count). The molecule has 2 aromatic rings. The quantitative estimate of drug-likeness (QED) is 0.718. The molecule has 28 heavy (non-hydrogen) atoms. The molecule has 0 aliphatic carbocycles. The molecule has 1 saturated heterocycles. The van der Waals surface area contributed by atoms with Crippen molar-refractivity contribution in [3.05, 3.63) is 59.9 Å². The molecular formula is C20H23FN2O4S. The number of amides is 1. The summed E-state index contributed by atoms with van der Waals surface area (Å²) in [5.74, 6) is -0.644. The minimum atomic E-state index is -3.96. The summed E-state index contributed by atoms with van der Waals surface area (Å²) in [6, 6.07) is 12.6. The van der Waals surface area contributed by atoms with Gasteiger partial charge in [0.05, 0.1) is 6.54 Å². The maximum Gasteiger partial charge on any atom is 0.251 e. The second-order valence-electron chi connectivity index (χ2n) is 6.53. The fourth-order valence-corrected chi connectivity index (χ4v) is 4.65. The number of benzene rings is 2. The smallest absolute Gasteiger partial charge is 0.251 e. The fourth-order valence-electron chi connectivity index (χ4n) is 3.04. The van der Waals surface area contributed by atoms with Crippen molar-refractivity contribution in [2.24, 2.45) is 0 Å². The molecule has 1 fully saturated rings. The number of hydrogen-bond donors (Lipinski definition) is 1. The van der Waals surface area contributed by atoms with E-state index in [-0.39, 0.29) is 18.7 Å². The van der Waals surface area contributed by atoms with Crippen molar-refractivity contribution in [3.63, 3.8) is 0 Å². The summed E-state index contributed by atoms with van der Waals surface area (Å²) >= 11 is 0. The predicted octanol–water partition coefficient (Wildman–Crippen LogP) is 2.81. The summed E-state index contributed by atoms with van der Waals surface area (Å²) in [5.41, 5.74) is 0.0942. The van der Waals surface area contributed by atoms with Crippen molar-refractivity contribution in [1.82, 2.24) is 9.62 Å². The lowest BCUT2D eigenvalue weighted by Crippen LogP contribution is -2.36. The third-order valence-electron chi connectivity index (χ3n) is 4.53. The number of piperidine rings is 1. The number of hydrogen-bond acceptors (Lipinski definition) is 4. The molecule has 0 bridgehead atoms. The molecule has 1 aliphatic rings. The van der Waals surface area contributed by atoms with Gasteiger partial charge in [0.15, 0.2) is 0 Å². The van der Waals surface area contributed by atoms with Gasteiger partial charge < -0.3 is 10.1 Å². The molecule has 1 aliphatic heterocycles. The zero-order valence-electron chi connectivity index (χ0n) is 15.4. The Morgan fingerprint density at radius 1 is 1.07 bits per heavy atom. The zero-order chi connectivity index (χ0) is 20.0. The summed E-state index contributed by atoms with van der Waals surface area (Å²) in [5, 5.41) is 2.65. The second-order valence-corrected chi connectivity index (χ2v) is 8.43. The summed E-state index contributed by atoms with van der Waals surface area (Å²) in [6.45, 7) is 1.24. The Morgan fingerprint density at radius 2 is 1.79 bits per heavy atom. The summed E-state index contributed by atoms with van der Waals surface area (Å²) in [4.78, 5) is 11.9. The first kappa shape index (κ1) is 20.3. The van der Waals surface area contributed by atoms with Crippen LogP contribution in [0.5, 0.6) is 5.75 Å². The number of carbonyl (C=O) groups excluding carboxylic acids is 1. The van der Waals surface area contributed by atoms with Gasteiger partial charge >= 0.3 is 0 Å². The molecule has 1 N–H and O–H groups in total. The number of para-hydroxylation sites is 1. The third kappa shape index (κ3) is 4.88. The largest absolute Gasteiger partial charge is 0.492 e. The maximum atomic E-state index is 14.2. The van der Waals surface area contributed by atoms with Crippen LogP contribution in [-0.4, -0.2) is 44.9 Å². The number of nitrogens with one attached hydrogen (secondary N) is 1. The number of carbonyl (C=O) groups is 1. The highest BCUT2D eigenvalue weighted by Gasteiger charge is 2.29. The van der Waals surface area contributed by atoms with Gasteiger partial charge in [0.25, 0.3) is 5.91 Å². The molecule has 1 amide bonds. The van der Waals surface area contributed by atoms with Gasteiger partial charge in [-0.15, -0.1) is 0 Å². The molecule has 0 aromatic heterocycles. The van der Waals surface area contributed by atoms with Crippen LogP contribution >= 0.6 is 0 Å². The minimum absolute atomic E-state index is 0.0942. The molecule has 0 unspecified atom stereocenters. The topological polar surface area (TPSA) is 75.7 Å². The van der Waals surface area contributed by atoms with Crippen molar-refractivity contribution < 1.29 is 22.3 Å². The average molecular weight is 406 g/mol. The van der Waals surface area contributed by atoms with Crippen LogP contribution in [0.4, 0.5) is 4.39 Å². The molecular weight excluding hydrogens is 383 g/mol. The Kier molecular flexibility index (Phi) is 6.64. The van der Waals surface area contributed by atoms with Crippen LogP contribution in [-0.2, 0) is 10.0 Å². The van der Waals surface area contributed by atoms with Gasteiger partial charge in [-0.1, -0.05) is 24.6 Å². The van der Waals surface area contributed by atoms with E-state index in [9.17, 15) is 17.6 Å². The second kappa shape index (κ2) is 9.16. The summed E-state index contributed by atoms with van der Waals surface area (Å²) in [6.07, 6.45) is 2.47. The predicted molar refractivity (Wildman–Crippen MR) is 103 cm³/mol. The molecule has 6 nitrogen and oxygen atoms in total. The normalized spacial score (nSPS) is 15.2. The van der Waals surface area contributed by atoms with Crippen molar-refractivity contribution in [1.29, 1.82) is 0 Å². The first-order chi connectivity index (χ1) is 13.5. The lowest BCUT2D eigenvalue weighted by Gasteiger charge is -2.26. The van der Waals surface area contributed by atoms with E-state index >= 15 is 0 Å². The van der Waals surface area contributed by atoms with E-state index in [2.05, 4.69) is 5.32 Å². The lowest BCUT2D eigenvalue weighted by molar-refractivity contribution is 0.0946. The monoisotopic (exact) mass is 406 g/mol. The van der Waals surface area contributed by atoms with Crippen LogP contribution in [0, 0.1) is 5.82 Å². The maximum absolute atomic E-state index is 14.2. The first-order valence-electron chi connectivity index (χ1n) is 9.24. The highest BCUT2D eigenvalue weighted by molar-refractivity contribution is 7.89. The number of ether oxygens (including phenoxy) is 1. The fraction of sp³-hybridized carbons (Fsp3) is 0.350. The Labute approximate surface area is 164 Å². The van der Waals surface area contributed by atoms with Crippen LogP contribution in [0.15, 0.2) is 53.4 Å². The van der Waals surface area contributed by atoms with Gasteiger partial charge in [-0.25, -0.2) is 12.8 Å². The molecule has 1 heterocycles. The van der Waals surface area contributed by atoms with Crippen molar-refractivity contribution in [3.8, 4) is 5.75 Å². The number of nitrogens with zero attached hydrogens (tertiary/aromatic N) is 1. The standard InChI is InChI=1S/C20H23FN2O4S/c21-18-10-9-16(15-19(18)28(25,26)23-12-5-2-6-13-23)20(24)22-11-14-27-17-7-3-1-4-8-17/h1,3-4,7-10,15H,2,5-6,11-14H2,(H,22,24). The van der Waals surface area contributed by atoms with Crippen LogP contribution in [0.25, 0.3) is 0 Å². The molecule has 150 valence electrons. The highest BCUT2D eigenvalue weighted by Crippen LogP contribution is 2.24. The molecule has 2 aromatic carbocycles. The minimum Gasteiger partial charge on any atom is -0.492 e. The van der Waals surface area contributed by atoms with Crippen LogP contribution < -0.4 is 10.1 Å².